The third-order valence-electron chi connectivity index (χ3n) is 4.46. The van der Waals surface area contributed by atoms with Gasteiger partial charge in [0.25, 0.3) is 0 Å². The molecule has 2 aromatic rings. The molecule has 0 aliphatic carbocycles. The van der Waals surface area contributed by atoms with Gasteiger partial charge in [0.1, 0.15) is 23.4 Å². The second kappa shape index (κ2) is 6.43. The third-order valence-corrected chi connectivity index (χ3v) is 4.46. The van der Waals surface area contributed by atoms with Crippen LogP contribution in [0.1, 0.15) is 30.5 Å². The van der Waals surface area contributed by atoms with Crippen molar-refractivity contribution in [3.8, 4) is 0 Å². The van der Waals surface area contributed by atoms with Gasteiger partial charge in [0.2, 0.25) is 0 Å². The summed E-state index contributed by atoms with van der Waals surface area (Å²) >= 11 is 0. The van der Waals surface area contributed by atoms with E-state index in [9.17, 15) is 18.3 Å². The lowest BCUT2D eigenvalue weighted by Gasteiger charge is -2.34. The average molecular weight is 340 g/mol. The lowest BCUT2D eigenvalue weighted by Crippen LogP contribution is -2.36. The van der Waals surface area contributed by atoms with Gasteiger partial charge in [-0.3, -0.25) is 0 Å². The minimum absolute atomic E-state index is 0.0353. The summed E-state index contributed by atoms with van der Waals surface area (Å²) in [5.74, 6) is 0.980. The maximum Gasteiger partial charge on any atom is 0.433 e. The number of pyridine rings is 1. The molecule has 3 rings (SSSR count). The van der Waals surface area contributed by atoms with E-state index in [-0.39, 0.29) is 5.92 Å². The first kappa shape index (κ1) is 16.8. The zero-order valence-corrected chi connectivity index (χ0v) is 13.2. The molecule has 5 nitrogen and oxygen atoms in total. The van der Waals surface area contributed by atoms with Crippen LogP contribution in [0.3, 0.4) is 0 Å². The minimum Gasteiger partial charge on any atom is -0.385 e. The van der Waals surface area contributed by atoms with Crippen LogP contribution in [-0.2, 0) is 13.2 Å². The highest BCUT2D eigenvalue weighted by Crippen LogP contribution is 2.33. The van der Waals surface area contributed by atoms with Crippen LogP contribution in [0.25, 0.3) is 0 Å². The van der Waals surface area contributed by atoms with Crippen molar-refractivity contribution in [2.24, 2.45) is 13.0 Å². The molecule has 0 bridgehead atoms. The molecule has 1 aliphatic rings. The summed E-state index contributed by atoms with van der Waals surface area (Å²) in [5, 5.41) is 10.5. The molecule has 0 aromatic carbocycles. The van der Waals surface area contributed by atoms with Crippen LogP contribution in [0.4, 0.5) is 19.0 Å². The number of nitrogens with zero attached hydrogens (tertiary/aromatic N) is 4. The molecule has 1 unspecified atom stereocenters. The smallest absolute Gasteiger partial charge is 0.385 e. The molecular formula is C16H19F3N4O. The Morgan fingerprint density at radius 3 is 2.54 bits per heavy atom. The van der Waals surface area contributed by atoms with Crippen molar-refractivity contribution in [3.05, 3.63) is 42.1 Å². The van der Waals surface area contributed by atoms with Gasteiger partial charge in [-0.25, -0.2) is 9.97 Å². The van der Waals surface area contributed by atoms with Crippen molar-refractivity contribution in [1.29, 1.82) is 0 Å². The number of halogens is 3. The molecule has 0 radical (unpaired) electrons. The van der Waals surface area contributed by atoms with Crippen molar-refractivity contribution in [3.63, 3.8) is 0 Å². The van der Waals surface area contributed by atoms with E-state index in [0.717, 1.165) is 6.07 Å². The van der Waals surface area contributed by atoms with E-state index in [1.807, 2.05) is 11.9 Å². The summed E-state index contributed by atoms with van der Waals surface area (Å²) in [7, 11) is 1.83. The van der Waals surface area contributed by atoms with Gasteiger partial charge in [-0.2, -0.15) is 13.2 Å². The maximum atomic E-state index is 12.8. The van der Waals surface area contributed by atoms with E-state index < -0.39 is 18.0 Å². The first-order valence-corrected chi connectivity index (χ1v) is 7.81. The van der Waals surface area contributed by atoms with Gasteiger partial charge in [0.05, 0.1) is 0 Å². The van der Waals surface area contributed by atoms with Crippen LogP contribution in [0, 0.1) is 5.92 Å². The van der Waals surface area contributed by atoms with Gasteiger partial charge in [0.15, 0.2) is 0 Å². The van der Waals surface area contributed by atoms with E-state index in [2.05, 4.69) is 9.97 Å². The van der Waals surface area contributed by atoms with Crippen LogP contribution in [-0.4, -0.2) is 32.7 Å². The largest absolute Gasteiger partial charge is 0.433 e. The predicted octanol–water partition coefficient (Wildman–Crippen LogP) is 2.78. The summed E-state index contributed by atoms with van der Waals surface area (Å²) in [4.78, 5) is 9.72. The zero-order valence-electron chi connectivity index (χ0n) is 13.2. The first-order chi connectivity index (χ1) is 11.4. The Balaban J connectivity index is 1.66. The Morgan fingerprint density at radius 2 is 1.96 bits per heavy atom. The second-order valence-corrected chi connectivity index (χ2v) is 6.04. The van der Waals surface area contributed by atoms with Crippen LogP contribution in [0.15, 0.2) is 30.6 Å². The molecule has 1 aliphatic heterocycles. The standard InChI is InChI=1S/C16H19F3N4O/c1-22-10-7-20-15(22)14(24)11-5-8-23(9-6-11)13-4-2-3-12(21-13)16(17,18)19/h2-4,7,10-11,14,24H,5-6,8-9H2,1H3. The molecule has 2 aromatic heterocycles. The number of aliphatic hydroxyl groups is 1. The maximum absolute atomic E-state index is 12.8. The third kappa shape index (κ3) is 3.38. The molecule has 1 saturated heterocycles. The van der Waals surface area contributed by atoms with E-state index in [1.165, 1.54) is 6.07 Å². The van der Waals surface area contributed by atoms with Crippen molar-refractivity contribution in [2.45, 2.75) is 25.1 Å². The first-order valence-electron chi connectivity index (χ1n) is 7.81. The Bertz CT molecular complexity index is 693. The highest BCUT2D eigenvalue weighted by molar-refractivity contribution is 5.40. The molecular weight excluding hydrogens is 321 g/mol. The number of imidazole rings is 1. The molecule has 0 spiro atoms. The van der Waals surface area contributed by atoms with Crippen molar-refractivity contribution in [1.82, 2.24) is 14.5 Å². The Morgan fingerprint density at radius 1 is 1.25 bits per heavy atom. The normalized spacial score (nSPS) is 18.0. The van der Waals surface area contributed by atoms with Crippen LogP contribution in [0.5, 0.6) is 0 Å². The van der Waals surface area contributed by atoms with Crippen molar-refractivity contribution < 1.29 is 18.3 Å². The number of hydrogen-bond acceptors (Lipinski definition) is 4. The Hall–Kier alpha value is -2.09. The van der Waals surface area contributed by atoms with E-state index in [1.54, 1.807) is 23.0 Å². The molecule has 3 heterocycles. The SMILES string of the molecule is Cn1ccnc1C(O)C1CCN(c2cccc(C(F)(F)F)n2)CC1. The summed E-state index contributed by atoms with van der Waals surface area (Å²) in [6.45, 7) is 1.11. The molecule has 1 fully saturated rings. The monoisotopic (exact) mass is 340 g/mol. The number of aromatic nitrogens is 3. The van der Waals surface area contributed by atoms with E-state index >= 15 is 0 Å². The number of aliphatic hydroxyl groups excluding tert-OH is 1. The fourth-order valence-corrected chi connectivity index (χ4v) is 3.07. The van der Waals surface area contributed by atoms with Gasteiger partial charge in [-0.05, 0) is 30.9 Å². The summed E-state index contributed by atoms with van der Waals surface area (Å²) in [5.41, 5.74) is -0.879. The fraction of sp³-hybridized carbons (Fsp3) is 0.500. The average Bonchev–Trinajstić information content (AvgIpc) is 3.00. The number of alkyl halides is 3. The molecule has 1 atom stereocenters. The van der Waals surface area contributed by atoms with Gasteiger partial charge in [0, 0.05) is 32.5 Å². The number of rotatable bonds is 3. The number of aryl methyl sites for hydroxylation is 1. The summed E-state index contributed by atoms with van der Waals surface area (Å²) < 4.78 is 40.1. The molecule has 0 amide bonds. The predicted molar refractivity (Wildman–Crippen MR) is 82.3 cm³/mol. The van der Waals surface area contributed by atoms with Gasteiger partial charge >= 0.3 is 6.18 Å². The Labute approximate surface area is 137 Å². The summed E-state index contributed by atoms with van der Waals surface area (Å²) in [6.07, 6.45) is -0.345. The minimum atomic E-state index is -4.44. The molecule has 0 saturated carbocycles. The topological polar surface area (TPSA) is 54.2 Å². The fourth-order valence-electron chi connectivity index (χ4n) is 3.07. The lowest BCUT2D eigenvalue weighted by molar-refractivity contribution is -0.141. The Kier molecular flexibility index (Phi) is 4.49. The number of hydrogen-bond donors (Lipinski definition) is 1. The number of anilines is 1. The van der Waals surface area contributed by atoms with E-state index in [0.29, 0.717) is 37.6 Å². The lowest BCUT2D eigenvalue weighted by atomic mass is 9.90. The van der Waals surface area contributed by atoms with Crippen LogP contribution < -0.4 is 4.90 Å². The second-order valence-electron chi connectivity index (χ2n) is 6.04. The molecule has 1 N–H and O–H groups in total. The van der Waals surface area contributed by atoms with Gasteiger partial charge < -0.3 is 14.6 Å². The van der Waals surface area contributed by atoms with Crippen LogP contribution >= 0.6 is 0 Å². The van der Waals surface area contributed by atoms with Crippen molar-refractivity contribution >= 4 is 5.82 Å². The molecule has 130 valence electrons. The quantitative estimate of drug-likeness (QED) is 0.934. The molecule has 24 heavy (non-hydrogen) atoms. The van der Waals surface area contributed by atoms with Crippen molar-refractivity contribution in [2.75, 3.05) is 18.0 Å². The molecule has 8 heteroatoms. The summed E-state index contributed by atoms with van der Waals surface area (Å²) in [6, 6.07) is 3.94. The van der Waals surface area contributed by atoms with E-state index in [4.69, 9.17) is 0 Å². The highest BCUT2D eigenvalue weighted by atomic mass is 19.4. The van der Waals surface area contributed by atoms with Gasteiger partial charge in [-0.1, -0.05) is 6.07 Å². The zero-order chi connectivity index (χ0) is 17.3. The number of piperidine rings is 1. The van der Waals surface area contributed by atoms with Gasteiger partial charge in [-0.15, -0.1) is 0 Å². The van der Waals surface area contributed by atoms with Crippen LogP contribution in [0.2, 0.25) is 0 Å². The highest BCUT2D eigenvalue weighted by Gasteiger charge is 2.34.